The van der Waals surface area contributed by atoms with E-state index in [-0.39, 0.29) is 5.78 Å². The van der Waals surface area contributed by atoms with Gasteiger partial charge in [-0.1, -0.05) is 31.2 Å². The molecule has 1 rings (SSSR count). The number of nitrogens with zero attached hydrogens (tertiary/aromatic N) is 1. The Morgan fingerprint density at radius 2 is 1.88 bits per heavy atom. The fraction of sp³-hybridized carbons (Fsp3) is 0.500. The van der Waals surface area contributed by atoms with E-state index in [0.717, 1.165) is 17.7 Å². The summed E-state index contributed by atoms with van der Waals surface area (Å²) in [6.07, 6.45) is 0. The van der Waals surface area contributed by atoms with Crippen LogP contribution >= 0.6 is 0 Å². The maximum Gasteiger partial charge on any atom is 0.182 e. The Balaban J connectivity index is 3.07. The zero-order valence-electron chi connectivity index (χ0n) is 10.9. The molecule has 0 spiro atoms. The molecule has 0 unspecified atom stereocenters. The van der Waals surface area contributed by atoms with Gasteiger partial charge in [0.2, 0.25) is 0 Å². The first-order chi connectivity index (χ1) is 7.41. The van der Waals surface area contributed by atoms with Crippen LogP contribution in [0.15, 0.2) is 24.3 Å². The fourth-order valence-corrected chi connectivity index (χ4v) is 1.73. The average Bonchev–Trinajstić information content (AvgIpc) is 2.27. The molecule has 88 valence electrons. The average molecular weight is 219 g/mol. The van der Waals surface area contributed by atoms with E-state index in [9.17, 15) is 4.79 Å². The van der Waals surface area contributed by atoms with Crippen LogP contribution in [0, 0.1) is 6.92 Å². The largest absolute Gasteiger partial charge is 0.295 e. The lowest BCUT2D eigenvalue weighted by Gasteiger charge is -2.33. The topological polar surface area (TPSA) is 20.3 Å². The van der Waals surface area contributed by atoms with Crippen LogP contribution in [0.3, 0.4) is 0 Å². The third kappa shape index (κ3) is 2.33. The molecule has 0 aliphatic carbocycles. The Morgan fingerprint density at radius 1 is 1.31 bits per heavy atom. The van der Waals surface area contributed by atoms with E-state index >= 15 is 0 Å². The highest BCUT2D eigenvalue weighted by Crippen LogP contribution is 2.21. The highest BCUT2D eigenvalue weighted by molar-refractivity contribution is 6.03. The van der Waals surface area contributed by atoms with Gasteiger partial charge in [0.1, 0.15) is 0 Å². The maximum atomic E-state index is 12.4. The lowest BCUT2D eigenvalue weighted by atomic mass is 9.89. The molecule has 0 heterocycles. The van der Waals surface area contributed by atoms with Crippen LogP contribution in [0.25, 0.3) is 0 Å². The van der Waals surface area contributed by atoms with E-state index < -0.39 is 5.54 Å². The number of carbonyl (C=O) groups is 1. The second-order valence-corrected chi connectivity index (χ2v) is 4.72. The van der Waals surface area contributed by atoms with E-state index in [4.69, 9.17) is 0 Å². The minimum absolute atomic E-state index is 0.190. The SMILES string of the molecule is CCN(C)C(C)(C)C(=O)c1ccccc1C. The molecule has 1 aromatic carbocycles. The molecule has 0 bridgehead atoms. The van der Waals surface area contributed by atoms with Crippen molar-refractivity contribution < 1.29 is 4.79 Å². The van der Waals surface area contributed by atoms with Crippen molar-refractivity contribution in [3.05, 3.63) is 35.4 Å². The van der Waals surface area contributed by atoms with E-state index in [1.165, 1.54) is 0 Å². The first-order valence-electron chi connectivity index (χ1n) is 5.73. The van der Waals surface area contributed by atoms with Gasteiger partial charge in [0.25, 0.3) is 0 Å². The number of rotatable bonds is 4. The third-order valence-electron chi connectivity index (χ3n) is 3.37. The molecule has 0 saturated heterocycles. The van der Waals surface area contributed by atoms with Crippen molar-refractivity contribution in [2.24, 2.45) is 0 Å². The highest BCUT2D eigenvalue weighted by atomic mass is 16.1. The summed E-state index contributed by atoms with van der Waals surface area (Å²) in [6.45, 7) is 8.86. The van der Waals surface area contributed by atoms with Crippen LogP contribution in [0.5, 0.6) is 0 Å². The summed E-state index contributed by atoms with van der Waals surface area (Å²) in [5.74, 6) is 0.190. The second kappa shape index (κ2) is 4.79. The van der Waals surface area contributed by atoms with Crippen molar-refractivity contribution in [3.63, 3.8) is 0 Å². The van der Waals surface area contributed by atoms with Crippen LogP contribution in [0.1, 0.15) is 36.7 Å². The van der Waals surface area contributed by atoms with Gasteiger partial charge < -0.3 is 0 Å². The van der Waals surface area contributed by atoms with Gasteiger partial charge >= 0.3 is 0 Å². The molecule has 0 aliphatic heterocycles. The minimum atomic E-state index is -0.444. The lowest BCUT2D eigenvalue weighted by Crippen LogP contribution is -2.48. The summed E-state index contributed by atoms with van der Waals surface area (Å²) in [5, 5.41) is 0. The molecule has 0 N–H and O–H groups in total. The van der Waals surface area contributed by atoms with Crippen molar-refractivity contribution in [3.8, 4) is 0 Å². The van der Waals surface area contributed by atoms with Gasteiger partial charge in [0.15, 0.2) is 5.78 Å². The van der Waals surface area contributed by atoms with Crippen molar-refractivity contribution in [1.82, 2.24) is 4.90 Å². The molecule has 0 radical (unpaired) electrons. The fourth-order valence-electron chi connectivity index (χ4n) is 1.73. The normalized spacial score (nSPS) is 11.9. The van der Waals surface area contributed by atoms with Crippen LogP contribution in [0.2, 0.25) is 0 Å². The third-order valence-corrected chi connectivity index (χ3v) is 3.37. The van der Waals surface area contributed by atoms with Gasteiger partial charge in [-0.3, -0.25) is 9.69 Å². The molecular formula is C14H21NO. The summed E-state index contributed by atoms with van der Waals surface area (Å²) in [7, 11) is 1.98. The number of Topliss-reactive ketones (excluding diaryl/α,β-unsaturated/α-hetero) is 1. The number of hydrogen-bond acceptors (Lipinski definition) is 2. The van der Waals surface area contributed by atoms with Crippen molar-refractivity contribution in [2.75, 3.05) is 13.6 Å². The Hall–Kier alpha value is -1.15. The standard InChI is InChI=1S/C14H21NO/c1-6-15(5)14(3,4)13(16)12-10-8-7-9-11(12)2/h7-10H,6H2,1-5H3. The van der Waals surface area contributed by atoms with Crippen molar-refractivity contribution in [2.45, 2.75) is 33.2 Å². The number of likely N-dealkylation sites (N-methyl/N-ethyl adjacent to an activating group) is 1. The molecule has 0 aliphatic rings. The number of ketones is 1. The molecule has 0 saturated carbocycles. The first kappa shape index (κ1) is 12.9. The lowest BCUT2D eigenvalue weighted by molar-refractivity contribution is 0.0717. The van der Waals surface area contributed by atoms with Crippen LogP contribution in [-0.4, -0.2) is 29.8 Å². The van der Waals surface area contributed by atoms with Crippen LogP contribution in [0.4, 0.5) is 0 Å². The molecule has 0 amide bonds. The van der Waals surface area contributed by atoms with Crippen LogP contribution in [-0.2, 0) is 0 Å². The molecule has 16 heavy (non-hydrogen) atoms. The molecule has 2 heteroatoms. The first-order valence-corrected chi connectivity index (χ1v) is 5.73. The Bertz CT molecular complexity index is 382. The van der Waals surface area contributed by atoms with Crippen LogP contribution < -0.4 is 0 Å². The quantitative estimate of drug-likeness (QED) is 0.726. The van der Waals surface area contributed by atoms with Gasteiger partial charge in [-0.25, -0.2) is 0 Å². The number of carbonyl (C=O) groups excluding carboxylic acids is 1. The van der Waals surface area contributed by atoms with E-state index in [0.29, 0.717) is 0 Å². The zero-order valence-corrected chi connectivity index (χ0v) is 10.9. The summed E-state index contributed by atoms with van der Waals surface area (Å²) in [6, 6.07) is 7.77. The maximum absolute atomic E-state index is 12.4. The molecule has 0 atom stereocenters. The van der Waals surface area contributed by atoms with Crippen molar-refractivity contribution in [1.29, 1.82) is 0 Å². The highest BCUT2D eigenvalue weighted by Gasteiger charge is 2.32. The van der Waals surface area contributed by atoms with E-state index in [2.05, 4.69) is 11.8 Å². The monoisotopic (exact) mass is 219 g/mol. The Labute approximate surface area is 98.3 Å². The predicted molar refractivity (Wildman–Crippen MR) is 67.9 cm³/mol. The van der Waals surface area contributed by atoms with Gasteiger partial charge in [-0.2, -0.15) is 0 Å². The molecule has 0 fully saturated rings. The Kier molecular flexibility index (Phi) is 3.87. The summed E-state index contributed by atoms with van der Waals surface area (Å²) in [4.78, 5) is 14.5. The zero-order chi connectivity index (χ0) is 12.3. The molecule has 1 aromatic rings. The Morgan fingerprint density at radius 3 is 2.38 bits per heavy atom. The molecular weight excluding hydrogens is 198 g/mol. The minimum Gasteiger partial charge on any atom is -0.295 e. The van der Waals surface area contributed by atoms with Gasteiger partial charge in [0, 0.05) is 5.56 Å². The molecule has 2 nitrogen and oxygen atoms in total. The van der Waals surface area contributed by atoms with Crippen molar-refractivity contribution >= 4 is 5.78 Å². The van der Waals surface area contributed by atoms with Gasteiger partial charge in [0.05, 0.1) is 5.54 Å². The van der Waals surface area contributed by atoms with Gasteiger partial charge in [-0.15, -0.1) is 0 Å². The predicted octanol–water partition coefficient (Wildman–Crippen LogP) is 2.91. The summed E-state index contributed by atoms with van der Waals surface area (Å²) in [5.41, 5.74) is 1.43. The number of benzene rings is 1. The number of hydrogen-bond donors (Lipinski definition) is 0. The van der Waals surface area contributed by atoms with Gasteiger partial charge in [-0.05, 0) is 39.9 Å². The summed E-state index contributed by atoms with van der Waals surface area (Å²) >= 11 is 0. The van der Waals surface area contributed by atoms with E-state index in [1.54, 1.807) is 0 Å². The van der Waals surface area contributed by atoms with E-state index in [1.807, 2.05) is 52.1 Å². The second-order valence-electron chi connectivity index (χ2n) is 4.72. The smallest absolute Gasteiger partial charge is 0.182 e. The molecule has 0 aromatic heterocycles. The number of aryl methyl sites for hydroxylation is 1. The summed E-state index contributed by atoms with van der Waals surface area (Å²) < 4.78 is 0.